The summed E-state index contributed by atoms with van der Waals surface area (Å²) in [7, 11) is 0. The summed E-state index contributed by atoms with van der Waals surface area (Å²) in [5, 5.41) is 13.5. The van der Waals surface area contributed by atoms with Crippen molar-refractivity contribution >= 4 is 6.03 Å². The van der Waals surface area contributed by atoms with Crippen LogP contribution in [0.5, 0.6) is 0 Å². The summed E-state index contributed by atoms with van der Waals surface area (Å²) in [6.45, 7) is 3.53. The monoisotopic (exact) mass is 301 g/mol. The Bertz CT molecular complexity index is 569. The first-order chi connectivity index (χ1) is 10.7. The number of fused-ring (bicyclic) bond motifs is 1. The number of hydrogen-bond acceptors (Lipinski definition) is 3. The third-order valence-electron chi connectivity index (χ3n) is 5.47. The fourth-order valence-corrected chi connectivity index (χ4v) is 4.25. The van der Waals surface area contributed by atoms with Crippen molar-refractivity contribution in [3.63, 3.8) is 0 Å². The van der Waals surface area contributed by atoms with Crippen molar-refractivity contribution in [1.29, 1.82) is 0 Å². The highest BCUT2D eigenvalue weighted by atomic mass is 16.3. The van der Waals surface area contributed by atoms with Crippen molar-refractivity contribution < 1.29 is 9.90 Å². The van der Waals surface area contributed by atoms with Gasteiger partial charge in [0.2, 0.25) is 0 Å². The van der Waals surface area contributed by atoms with E-state index in [2.05, 4.69) is 16.3 Å². The third-order valence-corrected chi connectivity index (χ3v) is 5.47. The summed E-state index contributed by atoms with van der Waals surface area (Å²) < 4.78 is 0. The van der Waals surface area contributed by atoms with E-state index in [1.54, 1.807) is 0 Å². The molecular formula is C17H23N3O2. The van der Waals surface area contributed by atoms with Crippen LogP contribution < -0.4 is 5.32 Å². The first kappa shape index (κ1) is 14.0. The van der Waals surface area contributed by atoms with Crippen LogP contribution >= 0.6 is 0 Å². The van der Waals surface area contributed by atoms with E-state index in [1.165, 1.54) is 5.56 Å². The lowest BCUT2D eigenvalue weighted by Gasteiger charge is -2.39. The van der Waals surface area contributed by atoms with E-state index in [0.717, 1.165) is 51.0 Å². The lowest BCUT2D eigenvalue weighted by Crippen LogP contribution is -2.49. The van der Waals surface area contributed by atoms with Gasteiger partial charge in [-0.15, -0.1) is 0 Å². The molecular weight excluding hydrogens is 278 g/mol. The summed E-state index contributed by atoms with van der Waals surface area (Å²) in [6.07, 6.45) is 2.58. The van der Waals surface area contributed by atoms with E-state index in [1.807, 2.05) is 23.1 Å². The minimum Gasteiger partial charge on any atom is -0.387 e. The van der Waals surface area contributed by atoms with Crippen molar-refractivity contribution in [3.05, 3.63) is 35.4 Å². The van der Waals surface area contributed by atoms with Crippen LogP contribution in [0.4, 0.5) is 4.79 Å². The zero-order valence-corrected chi connectivity index (χ0v) is 12.7. The highest BCUT2D eigenvalue weighted by Crippen LogP contribution is 2.35. The van der Waals surface area contributed by atoms with Gasteiger partial charge in [0, 0.05) is 38.3 Å². The van der Waals surface area contributed by atoms with Crippen LogP contribution in [-0.4, -0.2) is 59.2 Å². The molecule has 1 aliphatic carbocycles. The van der Waals surface area contributed by atoms with Gasteiger partial charge in [-0.2, -0.15) is 0 Å². The number of likely N-dealkylation sites (tertiary alicyclic amines) is 1. The van der Waals surface area contributed by atoms with Gasteiger partial charge in [0.1, 0.15) is 0 Å². The van der Waals surface area contributed by atoms with E-state index in [0.29, 0.717) is 6.04 Å². The molecule has 2 atom stereocenters. The van der Waals surface area contributed by atoms with E-state index in [4.69, 9.17) is 0 Å². The van der Waals surface area contributed by atoms with Crippen LogP contribution in [0.2, 0.25) is 0 Å². The number of aliphatic hydroxyl groups excluding tert-OH is 1. The first-order valence-electron chi connectivity index (χ1n) is 8.28. The Morgan fingerprint density at radius 3 is 2.59 bits per heavy atom. The van der Waals surface area contributed by atoms with Crippen LogP contribution in [0.1, 0.15) is 30.1 Å². The second kappa shape index (κ2) is 5.56. The summed E-state index contributed by atoms with van der Waals surface area (Å²) in [4.78, 5) is 16.2. The molecule has 2 heterocycles. The molecule has 2 N–H and O–H groups in total. The van der Waals surface area contributed by atoms with Gasteiger partial charge in [0.05, 0.1) is 6.10 Å². The second-order valence-corrected chi connectivity index (χ2v) is 6.61. The Hall–Kier alpha value is -1.59. The van der Waals surface area contributed by atoms with Gasteiger partial charge in [-0.25, -0.2) is 4.79 Å². The number of amides is 2. The van der Waals surface area contributed by atoms with Crippen molar-refractivity contribution in [2.24, 2.45) is 0 Å². The molecule has 1 aromatic carbocycles. The number of aliphatic hydroxyl groups is 1. The Kier molecular flexibility index (Phi) is 3.54. The number of hydrogen-bond donors (Lipinski definition) is 2. The molecule has 4 rings (SSSR count). The van der Waals surface area contributed by atoms with Crippen LogP contribution in [0.3, 0.4) is 0 Å². The van der Waals surface area contributed by atoms with Gasteiger partial charge in [0.15, 0.2) is 0 Å². The number of carbonyl (C=O) groups is 1. The van der Waals surface area contributed by atoms with Gasteiger partial charge >= 0.3 is 6.03 Å². The van der Waals surface area contributed by atoms with Crippen LogP contribution in [-0.2, 0) is 6.42 Å². The van der Waals surface area contributed by atoms with Crippen molar-refractivity contribution in [3.8, 4) is 0 Å². The first-order valence-corrected chi connectivity index (χ1v) is 8.28. The number of urea groups is 1. The topological polar surface area (TPSA) is 55.8 Å². The molecule has 0 spiro atoms. The molecule has 2 amide bonds. The molecule has 0 radical (unpaired) electrons. The summed E-state index contributed by atoms with van der Waals surface area (Å²) in [6, 6.07) is 8.87. The van der Waals surface area contributed by atoms with Gasteiger partial charge in [-0.3, -0.25) is 4.90 Å². The number of benzene rings is 1. The van der Waals surface area contributed by atoms with Gasteiger partial charge in [-0.1, -0.05) is 24.3 Å². The van der Waals surface area contributed by atoms with Crippen molar-refractivity contribution in [1.82, 2.24) is 15.1 Å². The zero-order chi connectivity index (χ0) is 15.1. The molecule has 2 fully saturated rings. The molecule has 0 saturated carbocycles. The standard InChI is InChI=1S/C17H23N3O2/c21-16-14-4-2-1-3-12(14)11-15(16)19-8-5-13(6-9-19)20-10-7-18-17(20)22/h1-4,13,15-16,21H,5-11H2,(H,18,22). The maximum absolute atomic E-state index is 11.8. The highest BCUT2D eigenvalue weighted by Gasteiger charge is 2.38. The second-order valence-electron chi connectivity index (χ2n) is 6.61. The van der Waals surface area contributed by atoms with E-state index < -0.39 is 0 Å². The van der Waals surface area contributed by atoms with Crippen molar-refractivity contribution in [2.45, 2.75) is 37.5 Å². The van der Waals surface area contributed by atoms with Gasteiger partial charge in [0.25, 0.3) is 0 Å². The molecule has 22 heavy (non-hydrogen) atoms. The molecule has 118 valence electrons. The molecule has 1 aromatic rings. The minimum absolute atomic E-state index is 0.0896. The highest BCUT2D eigenvalue weighted by molar-refractivity contribution is 5.76. The Balaban J connectivity index is 1.39. The Morgan fingerprint density at radius 2 is 1.91 bits per heavy atom. The Morgan fingerprint density at radius 1 is 1.14 bits per heavy atom. The smallest absolute Gasteiger partial charge is 0.317 e. The summed E-state index contributed by atoms with van der Waals surface area (Å²) >= 11 is 0. The maximum atomic E-state index is 11.8. The molecule has 5 nitrogen and oxygen atoms in total. The van der Waals surface area contributed by atoms with Gasteiger partial charge < -0.3 is 15.3 Å². The van der Waals surface area contributed by atoms with Crippen molar-refractivity contribution in [2.75, 3.05) is 26.2 Å². The SMILES string of the molecule is O=C1NCCN1C1CCN(C2Cc3ccccc3C2O)CC1. The molecule has 0 bridgehead atoms. The fourth-order valence-electron chi connectivity index (χ4n) is 4.25. The molecule has 2 aliphatic heterocycles. The van der Waals surface area contributed by atoms with E-state index in [9.17, 15) is 9.90 Å². The predicted molar refractivity (Wildman–Crippen MR) is 83.6 cm³/mol. The zero-order valence-electron chi connectivity index (χ0n) is 12.7. The summed E-state index contributed by atoms with van der Waals surface area (Å²) in [5.74, 6) is 0. The normalized spacial score (nSPS) is 29.7. The molecule has 5 heteroatoms. The minimum atomic E-state index is -0.372. The molecule has 3 aliphatic rings. The maximum Gasteiger partial charge on any atom is 0.317 e. The number of carbonyl (C=O) groups excluding carboxylic acids is 1. The van der Waals surface area contributed by atoms with E-state index >= 15 is 0 Å². The lowest BCUT2D eigenvalue weighted by atomic mass is 10.00. The molecule has 0 aromatic heterocycles. The largest absolute Gasteiger partial charge is 0.387 e. The average Bonchev–Trinajstić information content (AvgIpc) is 3.12. The van der Waals surface area contributed by atoms with Crippen LogP contribution in [0.25, 0.3) is 0 Å². The van der Waals surface area contributed by atoms with E-state index in [-0.39, 0.29) is 18.2 Å². The number of nitrogens with one attached hydrogen (secondary N) is 1. The van der Waals surface area contributed by atoms with Gasteiger partial charge in [-0.05, 0) is 30.4 Å². The van der Waals surface area contributed by atoms with Crippen LogP contribution in [0.15, 0.2) is 24.3 Å². The fraction of sp³-hybridized carbons (Fsp3) is 0.588. The molecule has 2 unspecified atom stereocenters. The van der Waals surface area contributed by atoms with Crippen LogP contribution in [0, 0.1) is 0 Å². The quantitative estimate of drug-likeness (QED) is 0.861. The molecule has 2 saturated heterocycles. The number of piperidine rings is 1. The lowest BCUT2D eigenvalue weighted by molar-refractivity contribution is 0.0341. The summed E-state index contributed by atoms with van der Waals surface area (Å²) in [5.41, 5.74) is 2.37. The number of rotatable bonds is 2. The predicted octanol–water partition coefficient (Wildman–Crippen LogP) is 1.13. The average molecular weight is 301 g/mol. The third kappa shape index (κ3) is 2.29. The number of nitrogens with zero attached hydrogens (tertiary/aromatic N) is 2. The Labute approximate surface area is 130 Å².